The average Bonchev–Trinajstić information content (AvgIpc) is 2.73. The van der Waals surface area contributed by atoms with Crippen LogP contribution in [0.15, 0.2) is 11.5 Å². The molecular weight excluding hydrogens is 162 g/mol. The normalized spacial score (nSPS) is 22.1. The van der Waals surface area contributed by atoms with Crippen molar-refractivity contribution in [2.45, 2.75) is 11.3 Å². The van der Waals surface area contributed by atoms with Crippen LogP contribution in [-0.2, 0) is 11.8 Å². The summed E-state index contributed by atoms with van der Waals surface area (Å²) in [5.41, 5.74) is 0. The van der Waals surface area contributed by atoms with Crippen LogP contribution in [0, 0.1) is 0 Å². The highest BCUT2D eigenvalue weighted by molar-refractivity contribution is 7.99. The number of epoxide rings is 1. The maximum Gasteiger partial charge on any atom is 0.190 e. The molecule has 60 valence electrons. The topological polar surface area (TPSA) is 43.2 Å². The fourth-order valence-corrected chi connectivity index (χ4v) is 1.62. The van der Waals surface area contributed by atoms with Crippen LogP contribution >= 0.6 is 11.8 Å². The molecule has 1 aromatic heterocycles. The van der Waals surface area contributed by atoms with Crippen molar-refractivity contribution in [2.75, 3.05) is 12.4 Å². The number of ether oxygens (including phenoxy) is 1. The molecule has 0 amide bonds. The molecule has 1 fully saturated rings. The van der Waals surface area contributed by atoms with Crippen molar-refractivity contribution in [3.8, 4) is 0 Å². The fraction of sp³-hybridized carbons (Fsp3) is 0.667. The molecule has 1 aliphatic rings. The van der Waals surface area contributed by atoms with Crippen LogP contribution in [0.1, 0.15) is 0 Å². The van der Waals surface area contributed by atoms with E-state index < -0.39 is 0 Å². The minimum atomic E-state index is 0.455. The van der Waals surface area contributed by atoms with Gasteiger partial charge in [-0.1, -0.05) is 11.8 Å². The summed E-state index contributed by atoms with van der Waals surface area (Å²) < 4.78 is 6.98. The molecule has 11 heavy (non-hydrogen) atoms. The highest BCUT2D eigenvalue weighted by Gasteiger charge is 2.22. The standard InChI is InChI=1S/C6H9N3OS/c1-9-4-7-8-6(9)11-3-5-2-10-5/h4-5H,2-3H2,1H3/t5-/m1/s1. The summed E-state index contributed by atoms with van der Waals surface area (Å²) >= 11 is 1.69. The summed E-state index contributed by atoms with van der Waals surface area (Å²) in [5.74, 6) is 0.993. The van der Waals surface area contributed by atoms with Crippen molar-refractivity contribution >= 4 is 11.8 Å². The van der Waals surface area contributed by atoms with Crippen LogP contribution in [-0.4, -0.2) is 33.2 Å². The lowest BCUT2D eigenvalue weighted by molar-refractivity contribution is 0.426. The highest BCUT2D eigenvalue weighted by Crippen LogP contribution is 2.21. The number of nitrogens with zero attached hydrogens (tertiary/aromatic N) is 3. The van der Waals surface area contributed by atoms with Gasteiger partial charge in [0.05, 0.1) is 12.7 Å². The predicted octanol–water partition coefficient (Wildman–Crippen LogP) is 0.306. The molecule has 1 saturated heterocycles. The molecule has 0 saturated carbocycles. The quantitative estimate of drug-likeness (QED) is 0.485. The third kappa shape index (κ3) is 1.72. The summed E-state index contributed by atoms with van der Waals surface area (Å²) in [6.07, 6.45) is 2.16. The molecule has 5 heteroatoms. The van der Waals surface area contributed by atoms with E-state index in [9.17, 15) is 0 Å². The Balaban J connectivity index is 1.89. The fourth-order valence-electron chi connectivity index (χ4n) is 0.735. The molecule has 0 unspecified atom stereocenters. The van der Waals surface area contributed by atoms with Crippen LogP contribution in [0.25, 0.3) is 0 Å². The summed E-state index contributed by atoms with van der Waals surface area (Å²) in [7, 11) is 1.94. The molecule has 0 aliphatic carbocycles. The number of aromatic nitrogens is 3. The van der Waals surface area contributed by atoms with Crippen LogP contribution in [0.2, 0.25) is 0 Å². The lowest BCUT2D eigenvalue weighted by atomic mass is 10.6. The van der Waals surface area contributed by atoms with Crippen molar-refractivity contribution in [3.05, 3.63) is 6.33 Å². The Morgan fingerprint density at radius 2 is 2.73 bits per heavy atom. The molecule has 1 atom stereocenters. The van der Waals surface area contributed by atoms with Gasteiger partial charge >= 0.3 is 0 Å². The lowest BCUT2D eigenvalue weighted by Crippen LogP contribution is -1.94. The van der Waals surface area contributed by atoms with Gasteiger partial charge in [0.15, 0.2) is 5.16 Å². The minimum Gasteiger partial charge on any atom is -0.372 e. The van der Waals surface area contributed by atoms with Crippen LogP contribution in [0.5, 0.6) is 0 Å². The van der Waals surface area contributed by atoms with E-state index in [1.165, 1.54) is 0 Å². The molecule has 0 radical (unpaired) electrons. The Kier molecular flexibility index (Phi) is 1.83. The minimum absolute atomic E-state index is 0.455. The molecule has 2 rings (SSSR count). The maximum atomic E-state index is 5.07. The third-order valence-electron chi connectivity index (χ3n) is 1.47. The second kappa shape index (κ2) is 2.83. The van der Waals surface area contributed by atoms with Gasteiger partial charge in [-0.3, -0.25) is 0 Å². The van der Waals surface area contributed by atoms with Gasteiger partial charge in [-0.15, -0.1) is 10.2 Å². The molecule has 1 aliphatic heterocycles. The van der Waals surface area contributed by atoms with Gasteiger partial charge in [-0.05, 0) is 0 Å². The predicted molar refractivity (Wildman–Crippen MR) is 41.5 cm³/mol. The van der Waals surface area contributed by atoms with Gasteiger partial charge in [-0.25, -0.2) is 0 Å². The number of hydrogen-bond acceptors (Lipinski definition) is 4. The van der Waals surface area contributed by atoms with Crippen molar-refractivity contribution in [2.24, 2.45) is 7.05 Å². The van der Waals surface area contributed by atoms with E-state index >= 15 is 0 Å². The van der Waals surface area contributed by atoms with Gasteiger partial charge in [0.25, 0.3) is 0 Å². The molecular formula is C6H9N3OS. The van der Waals surface area contributed by atoms with E-state index in [1.807, 2.05) is 11.6 Å². The van der Waals surface area contributed by atoms with Crippen molar-refractivity contribution in [3.63, 3.8) is 0 Å². The zero-order valence-corrected chi connectivity index (χ0v) is 7.04. The molecule has 0 aromatic carbocycles. The van der Waals surface area contributed by atoms with E-state index in [0.717, 1.165) is 17.5 Å². The first-order valence-electron chi connectivity index (χ1n) is 3.44. The monoisotopic (exact) mass is 171 g/mol. The second-order valence-electron chi connectivity index (χ2n) is 2.49. The Morgan fingerprint density at radius 3 is 3.27 bits per heavy atom. The Hall–Kier alpha value is -0.550. The Labute approximate surface area is 68.9 Å². The average molecular weight is 171 g/mol. The molecule has 0 spiro atoms. The van der Waals surface area contributed by atoms with E-state index in [0.29, 0.717) is 6.10 Å². The molecule has 0 bridgehead atoms. The van der Waals surface area contributed by atoms with Gasteiger partial charge in [0.2, 0.25) is 0 Å². The smallest absolute Gasteiger partial charge is 0.190 e. The van der Waals surface area contributed by atoms with Gasteiger partial charge < -0.3 is 9.30 Å². The van der Waals surface area contributed by atoms with Crippen molar-refractivity contribution in [1.29, 1.82) is 0 Å². The van der Waals surface area contributed by atoms with Crippen molar-refractivity contribution < 1.29 is 4.74 Å². The summed E-state index contributed by atoms with van der Waals surface area (Å²) in [6.45, 7) is 0.908. The lowest BCUT2D eigenvalue weighted by Gasteiger charge is -1.95. The van der Waals surface area contributed by atoms with Gasteiger partial charge in [0, 0.05) is 12.8 Å². The zero-order valence-electron chi connectivity index (χ0n) is 6.23. The highest BCUT2D eigenvalue weighted by atomic mass is 32.2. The van der Waals surface area contributed by atoms with Crippen LogP contribution in [0.3, 0.4) is 0 Å². The SMILES string of the molecule is Cn1cnnc1SC[C@H]1CO1. The van der Waals surface area contributed by atoms with E-state index in [1.54, 1.807) is 18.1 Å². The summed E-state index contributed by atoms with van der Waals surface area (Å²) in [4.78, 5) is 0. The first-order valence-corrected chi connectivity index (χ1v) is 4.43. The van der Waals surface area contributed by atoms with E-state index in [2.05, 4.69) is 10.2 Å². The van der Waals surface area contributed by atoms with Crippen molar-refractivity contribution in [1.82, 2.24) is 14.8 Å². The van der Waals surface area contributed by atoms with Crippen LogP contribution < -0.4 is 0 Å². The molecule has 0 N–H and O–H groups in total. The number of aryl methyl sites for hydroxylation is 1. The van der Waals surface area contributed by atoms with Gasteiger partial charge in [-0.2, -0.15) is 0 Å². The zero-order chi connectivity index (χ0) is 7.68. The summed E-state index contributed by atoms with van der Waals surface area (Å²) in [6, 6.07) is 0. The molecule has 4 nitrogen and oxygen atoms in total. The maximum absolute atomic E-state index is 5.07. The number of rotatable bonds is 3. The third-order valence-corrected chi connectivity index (χ3v) is 2.64. The van der Waals surface area contributed by atoms with Gasteiger partial charge in [0.1, 0.15) is 6.33 Å². The second-order valence-corrected chi connectivity index (χ2v) is 3.48. The van der Waals surface area contributed by atoms with E-state index in [4.69, 9.17) is 4.74 Å². The largest absolute Gasteiger partial charge is 0.372 e. The Morgan fingerprint density at radius 1 is 1.91 bits per heavy atom. The first kappa shape index (κ1) is 7.12. The van der Waals surface area contributed by atoms with E-state index in [-0.39, 0.29) is 0 Å². The number of thioether (sulfide) groups is 1. The summed E-state index contributed by atoms with van der Waals surface area (Å²) in [5, 5.41) is 8.67. The Bertz CT molecular complexity index is 246. The van der Waals surface area contributed by atoms with Crippen LogP contribution in [0.4, 0.5) is 0 Å². The molecule has 1 aromatic rings. The first-order chi connectivity index (χ1) is 5.36. The molecule has 2 heterocycles. The number of hydrogen-bond donors (Lipinski definition) is 0.